The summed E-state index contributed by atoms with van der Waals surface area (Å²) < 4.78 is 17.6. The van der Waals surface area contributed by atoms with Crippen LogP contribution >= 0.6 is 0 Å². The van der Waals surface area contributed by atoms with Crippen LogP contribution in [0.25, 0.3) is 0 Å². The number of aliphatic hydroxyl groups excluding tert-OH is 3. The molecule has 2 unspecified atom stereocenters. The molecule has 11 heteroatoms. The van der Waals surface area contributed by atoms with Crippen molar-refractivity contribution in [1.82, 2.24) is 0 Å². The van der Waals surface area contributed by atoms with Gasteiger partial charge in [-0.25, -0.2) is 4.79 Å². The van der Waals surface area contributed by atoms with E-state index >= 15 is 0 Å². The Morgan fingerprint density at radius 1 is 0.977 bits per heavy atom. The van der Waals surface area contributed by atoms with Crippen LogP contribution in [0.3, 0.4) is 0 Å². The monoisotopic (exact) mass is 602 g/mol. The number of hydrogen-bond acceptors (Lipinski definition) is 11. The molecule has 1 aromatic rings. The first kappa shape index (κ1) is 32.8. The largest absolute Gasteiger partial charge is 0.456 e. The van der Waals surface area contributed by atoms with Gasteiger partial charge in [0.25, 0.3) is 0 Å². The first-order valence-corrected chi connectivity index (χ1v) is 14.6. The molecule has 236 valence electrons. The van der Waals surface area contributed by atoms with E-state index in [0.29, 0.717) is 0 Å². The summed E-state index contributed by atoms with van der Waals surface area (Å²) >= 11 is 0. The van der Waals surface area contributed by atoms with Crippen molar-refractivity contribution >= 4 is 23.7 Å². The third-order valence-electron chi connectivity index (χ3n) is 10.3. The van der Waals surface area contributed by atoms with Gasteiger partial charge in [-0.15, -0.1) is 0 Å². The predicted molar refractivity (Wildman–Crippen MR) is 151 cm³/mol. The van der Waals surface area contributed by atoms with E-state index in [1.165, 1.54) is 19.1 Å². The van der Waals surface area contributed by atoms with E-state index in [2.05, 4.69) is 0 Å². The van der Waals surface area contributed by atoms with Gasteiger partial charge in [-0.1, -0.05) is 45.9 Å². The summed E-state index contributed by atoms with van der Waals surface area (Å²) in [5.41, 5.74) is -7.47. The Hall–Kier alpha value is -3.12. The molecule has 3 aliphatic rings. The van der Waals surface area contributed by atoms with Crippen molar-refractivity contribution in [3.63, 3.8) is 0 Å². The minimum absolute atomic E-state index is 0.109. The van der Waals surface area contributed by atoms with Gasteiger partial charge in [-0.2, -0.15) is 0 Å². The number of benzene rings is 1. The molecule has 0 heterocycles. The molecule has 2 bridgehead atoms. The van der Waals surface area contributed by atoms with Crippen molar-refractivity contribution < 1.29 is 53.8 Å². The van der Waals surface area contributed by atoms with Crippen molar-refractivity contribution in [2.75, 3.05) is 0 Å². The summed E-state index contributed by atoms with van der Waals surface area (Å²) in [6, 6.07) is 7.92. The molecule has 4 N–H and O–H groups in total. The number of aliphatic hydroxyl groups is 4. The molecule has 4 rings (SSSR count). The molecule has 1 aromatic carbocycles. The summed E-state index contributed by atoms with van der Waals surface area (Å²) in [6.45, 7) is 9.99. The molecule has 0 saturated heterocycles. The lowest BCUT2D eigenvalue weighted by Gasteiger charge is -2.64. The second-order valence-electron chi connectivity index (χ2n) is 12.9. The van der Waals surface area contributed by atoms with Crippen LogP contribution in [0, 0.1) is 22.7 Å². The molecule has 0 spiro atoms. The quantitative estimate of drug-likeness (QED) is 0.287. The Morgan fingerprint density at radius 2 is 1.58 bits per heavy atom. The molecule has 9 atom stereocenters. The standard InChI is InChI=1S/C32H42O11/c1-8-31(43-18(4)34)22(37)14-21(36)30(7)25(31)27(42-28(39)19-12-10-9-11-13-19)32(40)15-20(35)16(2)23(29(32,5)6)24(26(30)38)41-17(3)33/h9-13,16,20-22,25,27,35-37,40H,8,14-15H2,1-7H3/t16?,20-,21-,22+,25?,27-,30+,31-,32+/m0/s1. The van der Waals surface area contributed by atoms with Crippen LogP contribution in [0.5, 0.6) is 0 Å². The molecule has 0 radical (unpaired) electrons. The molecule has 43 heavy (non-hydrogen) atoms. The maximum Gasteiger partial charge on any atom is 0.338 e. The number of ether oxygens (including phenoxy) is 3. The number of rotatable bonds is 5. The van der Waals surface area contributed by atoms with Gasteiger partial charge in [-0.3, -0.25) is 14.4 Å². The number of Topliss-reactive ketones (excluding diaryl/α,β-unsaturated/α-hetero) is 1. The number of fused-ring (bicyclic) bond motifs is 3. The topological polar surface area (TPSA) is 177 Å². The Morgan fingerprint density at radius 3 is 2.12 bits per heavy atom. The number of allylic oxidation sites excluding steroid dienone is 1. The SMILES string of the molecule is CC[C@@]1(OC(C)=O)C2[C@H](OC(=O)c3ccccc3)[C@]3(O)C[C@H](O)C(C)C(=C(OC(C)=O)C(=O)[C@]2(C)[C@@H](O)C[C@H]1O)C3(C)C. The second kappa shape index (κ2) is 11.1. The molecule has 2 fully saturated rings. The summed E-state index contributed by atoms with van der Waals surface area (Å²) in [6.07, 6.45) is -7.09. The highest BCUT2D eigenvalue weighted by Crippen LogP contribution is 2.63. The maximum atomic E-state index is 14.8. The van der Waals surface area contributed by atoms with Gasteiger partial charge in [0.15, 0.2) is 5.76 Å². The van der Waals surface area contributed by atoms with Crippen molar-refractivity contribution in [3.05, 3.63) is 47.2 Å². The van der Waals surface area contributed by atoms with Gasteiger partial charge in [-0.05, 0) is 31.1 Å². The molecule has 2 saturated carbocycles. The van der Waals surface area contributed by atoms with Crippen LogP contribution in [0.15, 0.2) is 41.7 Å². The van der Waals surface area contributed by atoms with Gasteiger partial charge in [0.05, 0.1) is 35.2 Å². The van der Waals surface area contributed by atoms with E-state index in [4.69, 9.17) is 14.2 Å². The van der Waals surface area contributed by atoms with Crippen molar-refractivity contribution in [1.29, 1.82) is 0 Å². The van der Waals surface area contributed by atoms with Gasteiger partial charge >= 0.3 is 17.9 Å². The zero-order valence-corrected chi connectivity index (χ0v) is 25.6. The molecular weight excluding hydrogens is 560 g/mol. The average molecular weight is 603 g/mol. The van der Waals surface area contributed by atoms with E-state index in [9.17, 15) is 39.6 Å². The second-order valence-corrected chi connectivity index (χ2v) is 12.9. The van der Waals surface area contributed by atoms with E-state index in [-0.39, 0.29) is 24.0 Å². The van der Waals surface area contributed by atoms with Gasteiger partial charge < -0.3 is 34.6 Å². The first-order chi connectivity index (χ1) is 19.9. The van der Waals surface area contributed by atoms with Crippen LogP contribution in [-0.4, -0.2) is 79.7 Å². The van der Waals surface area contributed by atoms with Crippen LogP contribution in [0.2, 0.25) is 0 Å². The van der Waals surface area contributed by atoms with E-state index < -0.39 is 94.2 Å². The minimum atomic E-state index is -2.20. The molecular formula is C32H42O11. The van der Waals surface area contributed by atoms with Gasteiger partial charge in [0.2, 0.25) is 5.78 Å². The summed E-state index contributed by atoms with van der Waals surface area (Å²) in [4.78, 5) is 53.6. The summed E-state index contributed by atoms with van der Waals surface area (Å²) in [5.74, 6) is -6.24. The number of hydrogen-bond donors (Lipinski definition) is 4. The van der Waals surface area contributed by atoms with E-state index in [0.717, 1.165) is 13.8 Å². The van der Waals surface area contributed by atoms with E-state index in [1.54, 1.807) is 45.9 Å². The lowest BCUT2D eigenvalue weighted by Crippen LogP contribution is -2.76. The Labute approximate surface area is 250 Å². The molecule has 0 aliphatic heterocycles. The smallest absolute Gasteiger partial charge is 0.338 e. The predicted octanol–water partition coefficient (Wildman–Crippen LogP) is 2.23. The lowest BCUT2D eigenvalue weighted by molar-refractivity contribution is -0.283. The van der Waals surface area contributed by atoms with Crippen molar-refractivity contribution in [3.8, 4) is 0 Å². The lowest BCUT2D eigenvalue weighted by atomic mass is 9.45. The number of esters is 3. The number of carbonyl (C=O) groups excluding carboxylic acids is 4. The Balaban J connectivity index is 2.17. The zero-order chi connectivity index (χ0) is 32.3. The fraction of sp³-hybridized carbons (Fsp3) is 0.625. The summed E-state index contributed by atoms with van der Waals surface area (Å²) in [5, 5.41) is 47.4. The molecule has 0 aromatic heterocycles. The highest BCUT2D eigenvalue weighted by molar-refractivity contribution is 6.02. The maximum absolute atomic E-state index is 14.8. The normalized spacial score (nSPS) is 38.7. The minimum Gasteiger partial charge on any atom is -0.456 e. The van der Waals surface area contributed by atoms with Crippen LogP contribution in [0.1, 0.15) is 78.1 Å². The third-order valence-corrected chi connectivity index (χ3v) is 10.3. The number of ketones is 1. The summed E-state index contributed by atoms with van der Waals surface area (Å²) in [7, 11) is 0. The van der Waals surface area contributed by atoms with Gasteiger partial charge in [0, 0.05) is 38.0 Å². The molecule has 0 amide bonds. The molecule has 11 nitrogen and oxygen atoms in total. The van der Waals surface area contributed by atoms with Crippen molar-refractivity contribution in [2.45, 2.75) is 103 Å². The van der Waals surface area contributed by atoms with Crippen molar-refractivity contribution in [2.24, 2.45) is 22.7 Å². The highest BCUT2D eigenvalue weighted by Gasteiger charge is 2.74. The van der Waals surface area contributed by atoms with Gasteiger partial charge in [0.1, 0.15) is 17.3 Å². The highest BCUT2D eigenvalue weighted by atomic mass is 16.6. The van der Waals surface area contributed by atoms with E-state index in [1.807, 2.05) is 0 Å². The van der Waals surface area contributed by atoms with Crippen LogP contribution in [0.4, 0.5) is 0 Å². The average Bonchev–Trinajstić information content (AvgIpc) is 2.92. The Kier molecular flexibility index (Phi) is 8.47. The fourth-order valence-corrected chi connectivity index (χ4v) is 7.89. The first-order valence-electron chi connectivity index (χ1n) is 14.6. The fourth-order valence-electron chi connectivity index (χ4n) is 7.89. The Bertz CT molecular complexity index is 1340. The van der Waals surface area contributed by atoms with Crippen LogP contribution < -0.4 is 0 Å². The zero-order valence-electron chi connectivity index (χ0n) is 25.6. The molecule has 3 aliphatic carbocycles. The third kappa shape index (κ3) is 4.81. The van der Waals surface area contributed by atoms with Crippen LogP contribution in [-0.2, 0) is 28.6 Å². The number of carbonyl (C=O) groups is 4.